The molecule has 0 fully saturated rings. The molecule has 0 saturated heterocycles. The van der Waals surface area contributed by atoms with Gasteiger partial charge in [-0.2, -0.15) is 0 Å². The van der Waals surface area contributed by atoms with E-state index in [1.54, 1.807) is 11.8 Å². The number of carbonyl (C=O) groups is 2. The maximum atomic E-state index is 12.5. The topological polar surface area (TPSA) is 132 Å². The predicted molar refractivity (Wildman–Crippen MR) is 119 cm³/mol. The number of ether oxygens (including phenoxy) is 5. The molecule has 0 spiro atoms. The van der Waals surface area contributed by atoms with Gasteiger partial charge in [-0.05, 0) is 46.1 Å². The zero-order chi connectivity index (χ0) is 24.1. The highest BCUT2D eigenvalue weighted by atomic mass is 16.6. The third-order valence-electron chi connectivity index (χ3n) is 3.91. The second-order valence-electron chi connectivity index (χ2n) is 7.87. The van der Waals surface area contributed by atoms with Crippen LogP contribution >= 0.6 is 0 Å². The third kappa shape index (κ3) is 19.9. The van der Waals surface area contributed by atoms with Crippen molar-refractivity contribution in [1.29, 1.82) is 0 Å². The van der Waals surface area contributed by atoms with E-state index >= 15 is 0 Å². The molecule has 0 atom stereocenters. The molecule has 0 heterocycles. The van der Waals surface area contributed by atoms with Crippen LogP contribution in [0.15, 0.2) is 5.11 Å². The molecular formula is C21H40N4O7. The van der Waals surface area contributed by atoms with Crippen LogP contribution in [0.5, 0.6) is 0 Å². The Hall–Kier alpha value is -2.07. The molecule has 0 aromatic rings. The average Bonchev–Trinajstić information content (AvgIpc) is 2.71. The van der Waals surface area contributed by atoms with Crippen molar-refractivity contribution in [2.24, 2.45) is 5.11 Å². The van der Waals surface area contributed by atoms with Crippen LogP contribution < -0.4 is 0 Å². The summed E-state index contributed by atoms with van der Waals surface area (Å²) in [7, 11) is 0. The summed E-state index contributed by atoms with van der Waals surface area (Å²) >= 11 is 0. The predicted octanol–water partition coefficient (Wildman–Crippen LogP) is 3.71. The first-order valence-corrected chi connectivity index (χ1v) is 11.2. The lowest BCUT2D eigenvalue weighted by Gasteiger charge is -2.27. The normalized spacial score (nSPS) is 11.0. The summed E-state index contributed by atoms with van der Waals surface area (Å²) in [6.07, 6.45) is 2.33. The van der Waals surface area contributed by atoms with Crippen LogP contribution in [0.4, 0.5) is 4.79 Å². The van der Waals surface area contributed by atoms with E-state index in [0.29, 0.717) is 72.3 Å². The van der Waals surface area contributed by atoms with Crippen molar-refractivity contribution in [3.63, 3.8) is 0 Å². The molecule has 1 amide bonds. The largest absolute Gasteiger partial charge is 0.466 e. The van der Waals surface area contributed by atoms with Gasteiger partial charge in [-0.15, -0.1) is 0 Å². The molecule has 0 radical (unpaired) electrons. The monoisotopic (exact) mass is 460 g/mol. The van der Waals surface area contributed by atoms with E-state index in [2.05, 4.69) is 10.0 Å². The smallest absolute Gasteiger partial charge is 0.410 e. The standard InChI is InChI=1S/C21H40N4O7/c1-5-31-19(26)9-7-6-8-11-25(20(27)32-21(2,3)4)12-14-29-16-18-30-17-15-28-13-10-23-24-22/h5-18H2,1-4H3. The van der Waals surface area contributed by atoms with Gasteiger partial charge in [-0.25, -0.2) is 4.79 Å². The molecule has 0 aliphatic heterocycles. The van der Waals surface area contributed by atoms with E-state index in [9.17, 15) is 9.59 Å². The van der Waals surface area contributed by atoms with Crippen molar-refractivity contribution >= 4 is 12.1 Å². The Labute approximate surface area is 191 Å². The summed E-state index contributed by atoms with van der Waals surface area (Å²) in [5.74, 6) is -0.188. The summed E-state index contributed by atoms with van der Waals surface area (Å²) in [6, 6.07) is 0. The lowest BCUT2D eigenvalue weighted by Crippen LogP contribution is -2.39. The number of amides is 1. The summed E-state index contributed by atoms with van der Waals surface area (Å²) in [4.78, 5) is 28.1. The van der Waals surface area contributed by atoms with E-state index in [-0.39, 0.29) is 12.1 Å². The summed E-state index contributed by atoms with van der Waals surface area (Å²) in [5.41, 5.74) is 7.57. The molecule has 0 N–H and O–H groups in total. The molecule has 186 valence electrons. The van der Waals surface area contributed by atoms with E-state index in [4.69, 9.17) is 29.2 Å². The lowest BCUT2D eigenvalue weighted by molar-refractivity contribution is -0.143. The van der Waals surface area contributed by atoms with E-state index < -0.39 is 5.60 Å². The first kappa shape index (κ1) is 29.9. The number of nitrogens with zero attached hydrogens (tertiary/aromatic N) is 4. The third-order valence-corrected chi connectivity index (χ3v) is 3.91. The Kier molecular flexibility index (Phi) is 18.3. The van der Waals surface area contributed by atoms with Crippen LogP contribution in [0.25, 0.3) is 10.4 Å². The number of azide groups is 1. The van der Waals surface area contributed by atoms with Crippen LogP contribution in [0, 0.1) is 0 Å². The molecule has 32 heavy (non-hydrogen) atoms. The second kappa shape index (κ2) is 19.6. The van der Waals surface area contributed by atoms with Crippen molar-refractivity contribution < 1.29 is 33.3 Å². The molecule has 0 rings (SSSR count). The van der Waals surface area contributed by atoms with Crippen LogP contribution in [0.1, 0.15) is 53.4 Å². The number of rotatable bonds is 19. The number of unbranched alkanes of at least 4 members (excludes halogenated alkanes) is 2. The highest BCUT2D eigenvalue weighted by Gasteiger charge is 2.21. The van der Waals surface area contributed by atoms with Gasteiger partial charge in [0.05, 0.1) is 46.2 Å². The zero-order valence-corrected chi connectivity index (χ0v) is 20.0. The maximum absolute atomic E-state index is 12.5. The number of esters is 1. The van der Waals surface area contributed by atoms with Gasteiger partial charge < -0.3 is 28.6 Å². The molecule has 0 aromatic carbocycles. The van der Waals surface area contributed by atoms with Crippen LogP contribution in [0.3, 0.4) is 0 Å². The van der Waals surface area contributed by atoms with Crippen molar-refractivity contribution in [2.45, 2.75) is 59.0 Å². The van der Waals surface area contributed by atoms with Crippen molar-refractivity contribution in [3.8, 4) is 0 Å². The highest BCUT2D eigenvalue weighted by Crippen LogP contribution is 2.11. The fourth-order valence-corrected chi connectivity index (χ4v) is 2.47. The van der Waals surface area contributed by atoms with Crippen LogP contribution in [-0.2, 0) is 28.5 Å². The zero-order valence-electron chi connectivity index (χ0n) is 20.0. The number of hydrogen-bond acceptors (Lipinski definition) is 8. The van der Waals surface area contributed by atoms with Crippen LogP contribution in [-0.4, -0.2) is 88.4 Å². The van der Waals surface area contributed by atoms with E-state index in [1.807, 2.05) is 20.8 Å². The molecule has 11 nitrogen and oxygen atoms in total. The number of carbonyl (C=O) groups excluding carboxylic acids is 2. The summed E-state index contributed by atoms with van der Waals surface area (Å²) < 4.78 is 26.6. The first-order chi connectivity index (χ1) is 15.3. The molecule has 0 aromatic heterocycles. The van der Waals surface area contributed by atoms with Gasteiger partial charge in [0.25, 0.3) is 0 Å². The quantitative estimate of drug-likeness (QED) is 0.0943. The summed E-state index contributed by atoms with van der Waals surface area (Å²) in [5, 5.41) is 3.37. The molecular weight excluding hydrogens is 420 g/mol. The van der Waals surface area contributed by atoms with E-state index in [1.165, 1.54) is 0 Å². The Morgan fingerprint density at radius 1 is 0.906 bits per heavy atom. The van der Waals surface area contributed by atoms with Gasteiger partial charge in [0, 0.05) is 31.0 Å². The Balaban J connectivity index is 4.03. The average molecular weight is 461 g/mol. The van der Waals surface area contributed by atoms with Crippen molar-refractivity contribution in [3.05, 3.63) is 10.4 Å². The molecule has 0 aliphatic carbocycles. The molecule has 0 bridgehead atoms. The lowest BCUT2D eigenvalue weighted by atomic mass is 10.2. The summed E-state index contributed by atoms with van der Waals surface area (Å²) in [6.45, 7) is 11.3. The molecule has 0 aliphatic rings. The van der Waals surface area contributed by atoms with Gasteiger partial charge in [-0.3, -0.25) is 4.79 Å². The molecule has 11 heteroatoms. The second-order valence-corrected chi connectivity index (χ2v) is 7.87. The Morgan fingerprint density at radius 3 is 2.12 bits per heavy atom. The first-order valence-electron chi connectivity index (χ1n) is 11.2. The van der Waals surface area contributed by atoms with Gasteiger partial charge in [0.2, 0.25) is 0 Å². The SMILES string of the molecule is CCOC(=O)CCCCCN(CCOCCOCCOCCN=[N+]=[N-])C(=O)OC(C)(C)C. The Bertz CT molecular complexity index is 549. The van der Waals surface area contributed by atoms with Crippen molar-refractivity contribution in [2.75, 3.05) is 65.9 Å². The fraction of sp³-hybridized carbons (Fsp3) is 0.905. The molecule has 0 unspecified atom stereocenters. The minimum absolute atomic E-state index is 0.188. The minimum atomic E-state index is -0.572. The highest BCUT2D eigenvalue weighted by molar-refractivity contribution is 5.69. The molecule has 0 saturated carbocycles. The number of hydrogen-bond donors (Lipinski definition) is 0. The fourth-order valence-electron chi connectivity index (χ4n) is 2.47. The van der Waals surface area contributed by atoms with Crippen molar-refractivity contribution in [1.82, 2.24) is 4.90 Å². The van der Waals surface area contributed by atoms with Gasteiger partial charge in [0.1, 0.15) is 5.60 Å². The van der Waals surface area contributed by atoms with E-state index in [0.717, 1.165) is 19.3 Å². The maximum Gasteiger partial charge on any atom is 0.410 e. The minimum Gasteiger partial charge on any atom is -0.466 e. The van der Waals surface area contributed by atoms with Crippen LogP contribution in [0.2, 0.25) is 0 Å². The van der Waals surface area contributed by atoms with Gasteiger partial charge in [0.15, 0.2) is 0 Å². The Morgan fingerprint density at radius 2 is 1.53 bits per heavy atom. The van der Waals surface area contributed by atoms with Gasteiger partial charge >= 0.3 is 12.1 Å². The van der Waals surface area contributed by atoms with Gasteiger partial charge in [-0.1, -0.05) is 11.5 Å².